The Balaban J connectivity index is 1.61. The van der Waals surface area contributed by atoms with Crippen molar-refractivity contribution in [2.24, 2.45) is 39.4 Å². The number of hydrogen-bond donors (Lipinski definition) is 0. The average Bonchev–Trinajstić information content (AvgIpc) is 3.10. The molecule has 0 aliphatic heterocycles. The molecule has 0 radical (unpaired) electrons. The van der Waals surface area contributed by atoms with Crippen molar-refractivity contribution in [2.75, 3.05) is 7.11 Å². The molecule has 4 heteroatoms. The van der Waals surface area contributed by atoms with E-state index in [1.807, 2.05) is 6.08 Å². The van der Waals surface area contributed by atoms with Crippen molar-refractivity contribution in [1.29, 1.82) is 0 Å². The molecule has 6 atom stereocenters. The fourth-order valence-corrected chi connectivity index (χ4v) is 9.32. The summed E-state index contributed by atoms with van der Waals surface area (Å²) in [4.78, 5) is 36.9. The predicted octanol–water partition coefficient (Wildman–Crippen LogP) is 7.02. The number of hydrogen-bond acceptors (Lipinski definition) is 4. The molecular formula is C31H46O4. The first-order valence-corrected chi connectivity index (χ1v) is 13.8. The lowest BCUT2D eigenvalue weighted by atomic mass is 9.43. The molecule has 6 unspecified atom stereocenters. The van der Waals surface area contributed by atoms with Gasteiger partial charge >= 0.3 is 5.97 Å². The zero-order valence-corrected chi connectivity index (χ0v) is 23.1. The molecule has 35 heavy (non-hydrogen) atoms. The van der Waals surface area contributed by atoms with Crippen LogP contribution in [0.25, 0.3) is 0 Å². The number of methoxy groups -OCH3 is 1. The molecule has 0 amide bonds. The van der Waals surface area contributed by atoms with Crippen molar-refractivity contribution in [3.63, 3.8) is 0 Å². The first-order valence-electron chi connectivity index (χ1n) is 13.8. The van der Waals surface area contributed by atoms with Gasteiger partial charge in [-0.15, -0.1) is 0 Å². The molecule has 4 aliphatic rings. The summed E-state index contributed by atoms with van der Waals surface area (Å²) in [6, 6.07) is 0. The van der Waals surface area contributed by atoms with Gasteiger partial charge in [0.25, 0.3) is 0 Å². The maximum Gasteiger partial charge on any atom is 0.333 e. The van der Waals surface area contributed by atoms with E-state index in [1.54, 1.807) is 18.1 Å². The van der Waals surface area contributed by atoms with E-state index in [4.69, 9.17) is 4.74 Å². The second-order valence-corrected chi connectivity index (χ2v) is 13.3. The summed E-state index contributed by atoms with van der Waals surface area (Å²) >= 11 is 0. The Morgan fingerprint density at radius 3 is 2.40 bits per heavy atom. The van der Waals surface area contributed by atoms with E-state index in [1.165, 1.54) is 13.4 Å². The van der Waals surface area contributed by atoms with Crippen LogP contribution in [0.15, 0.2) is 22.8 Å². The number of ether oxygens (including phenoxy) is 1. The number of carbonyl (C=O) groups is 3. The minimum Gasteiger partial charge on any atom is -0.466 e. The van der Waals surface area contributed by atoms with Crippen molar-refractivity contribution >= 4 is 18.0 Å². The molecule has 2 fully saturated rings. The molecule has 194 valence electrons. The molecule has 0 aromatic rings. The van der Waals surface area contributed by atoms with Crippen molar-refractivity contribution in [3.8, 4) is 0 Å². The summed E-state index contributed by atoms with van der Waals surface area (Å²) in [5.74, 6) is 0.982. The number of esters is 1. The Bertz CT molecular complexity index is 970. The molecule has 4 aliphatic carbocycles. The Labute approximate surface area is 212 Å². The topological polar surface area (TPSA) is 60.4 Å². The highest BCUT2D eigenvalue weighted by molar-refractivity contribution is 5.87. The largest absolute Gasteiger partial charge is 0.466 e. The first kappa shape index (κ1) is 26.4. The van der Waals surface area contributed by atoms with Gasteiger partial charge in [0.1, 0.15) is 12.1 Å². The van der Waals surface area contributed by atoms with Gasteiger partial charge in [-0.05, 0) is 92.8 Å². The summed E-state index contributed by atoms with van der Waals surface area (Å²) in [6.07, 6.45) is 13.0. The molecule has 0 saturated heterocycles. The third kappa shape index (κ3) is 3.80. The lowest BCUT2D eigenvalue weighted by Crippen LogP contribution is -2.54. The van der Waals surface area contributed by atoms with Gasteiger partial charge in [-0.1, -0.05) is 51.8 Å². The van der Waals surface area contributed by atoms with Gasteiger partial charge in [0.15, 0.2) is 0 Å². The number of rotatable bonds is 6. The van der Waals surface area contributed by atoms with Crippen molar-refractivity contribution < 1.29 is 19.1 Å². The lowest BCUT2D eigenvalue weighted by molar-refractivity contribution is -0.139. The predicted molar refractivity (Wildman–Crippen MR) is 139 cm³/mol. The van der Waals surface area contributed by atoms with Gasteiger partial charge in [-0.2, -0.15) is 0 Å². The van der Waals surface area contributed by atoms with Gasteiger partial charge in [-0.3, -0.25) is 4.79 Å². The summed E-state index contributed by atoms with van der Waals surface area (Å²) < 4.78 is 4.81. The first-order chi connectivity index (χ1) is 16.4. The highest BCUT2D eigenvalue weighted by atomic mass is 16.5. The third-order valence-corrected chi connectivity index (χ3v) is 11.7. The summed E-state index contributed by atoms with van der Waals surface area (Å²) in [5, 5.41) is 0. The van der Waals surface area contributed by atoms with Crippen LogP contribution in [0.2, 0.25) is 0 Å². The van der Waals surface area contributed by atoms with Crippen molar-refractivity contribution in [3.05, 3.63) is 22.8 Å². The standard InChI is InChI=1S/C31H46O4/c1-20(27(34)35-7)9-8-10-21(19-32)22-13-17-31(6)24-11-12-25-28(2,3)26(33)15-16-29(25,4)23(24)14-18-30(22,31)5/h9,19,21-22,25H,8,10-18H2,1-7H3. The van der Waals surface area contributed by atoms with Gasteiger partial charge in [-0.25, -0.2) is 4.79 Å². The van der Waals surface area contributed by atoms with Gasteiger partial charge in [0.05, 0.1) is 7.11 Å². The molecule has 0 bridgehead atoms. The average molecular weight is 483 g/mol. The van der Waals surface area contributed by atoms with Gasteiger partial charge in [0, 0.05) is 23.3 Å². The third-order valence-electron chi connectivity index (χ3n) is 11.7. The summed E-state index contributed by atoms with van der Waals surface area (Å²) in [7, 11) is 1.40. The molecule has 0 N–H and O–H groups in total. The van der Waals surface area contributed by atoms with Crippen molar-refractivity contribution in [2.45, 2.75) is 106 Å². The van der Waals surface area contributed by atoms with Crippen LogP contribution in [0.3, 0.4) is 0 Å². The maximum atomic E-state index is 12.8. The van der Waals surface area contributed by atoms with Gasteiger partial charge < -0.3 is 9.53 Å². The van der Waals surface area contributed by atoms with Gasteiger partial charge in [0.2, 0.25) is 0 Å². The minimum atomic E-state index is -0.295. The Morgan fingerprint density at radius 1 is 1.03 bits per heavy atom. The monoisotopic (exact) mass is 482 g/mol. The van der Waals surface area contributed by atoms with Crippen LogP contribution in [0.5, 0.6) is 0 Å². The van der Waals surface area contributed by atoms with Crippen LogP contribution in [0.4, 0.5) is 0 Å². The zero-order chi connectivity index (χ0) is 25.8. The summed E-state index contributed by atoms with van der Waals surface area (Å²) in [5.41, 5.74) is 4.12. The molecule has 4 nitrogen and oxygen atoms in total. The molecule has 4 rings (SSSR count). The van der Waals surface area contributed by atoms with Crippen LogP contribution in [-0.4, -0.2) is 25.1 Å². The van der Waals surface area contributed by atoms with Crippen LogP contribution in [0, 0.1) is 39.4 Å². The van der Waals surface area contributed by atoms with Crippen LogP contribution in [0.1, 0.15) is 106 Å². The maximum absolute atomic E-state index is 12.8. The van der Waals surface area contributed by atoms with E-state index in [9.17, 15) is 14.4 Å². The number of allylic oxidation sites excluding steroid dienone is 3. The van der Waals surface area contributed by atoms with E-state index in [0.717, 1.165) is 57.8 Å². The van der Waals surface area contributed by atoms with Crippen LogP contribution < -0.4 is 0 Å². The number of ketones is 1. The van der Waals surface area contributed by atoms with Crippen LogP contribution in [-0.2, 0) is 19.1 Å². The number of aldehydes is 1. The quantitative estimate of drug-likeness (QED) is 0.177. The fourth-order valence-electron chi connectivity index (χ4n) is 9.32. The number of Topliss-reactive ketones (excluding diaryl/α,β-unsaturated/α-hetero) is 1. The smallest absolute Gasteiger partial charge is 0.333 e. The molecule has 0 spiro atoms. The minimum absolute atomic E-state index is 0.0174. The normalized spacial score (nSPS) is 39.4. The molecule has 0 aromatic heterocycles. The SMILES string of the molecule is COC(=O)C(C)=CCCC(C=O)C1CCC2(C)C3=C(CCC12C)C1(C)CCC(=O)C(C)(C)C1CC3. The zero-order valence-electron chi connectivity index (χ0n) is 23.1. The molecule has 2 saturated carbocycles. The molecular weight excluding hydrogens is 436 g/mol. The fraction of sp³-hybridized carbons (Fsp3) is 0.774. The van der Waals surface area contributed by atoms with E-state index >= 15 is 0 Å². The van der Waals surface area contributed by atoms with Crippen LogP contribution >= 0.6 is 0 Å². The molecule has 0 heterocycles. The summed E-state index contributed by atoms with van der Waals surface area (Å²) in [6.45, 7) is 13.6. The van der Waals surface area contributed by atoms with E-state index < -0.39 is 0 Å². The Morgan fingerprint density at radius 2 is 1.74 bits per heavy atom. The number of carbonyl (C=O) groups excluding carboxylic acids is 3. The van der Waals surface area contributed by atoms with Crippen molar-refractivity contribution in [1.82, 2.24) is 0 Å². The van der Waals surface area contributed by atoms with E-state index in [2.05, 4.69) is 34.6 Å². The lowest BCUT2D eigenvalue weighted by Gasteiger charge is -2.60. The van der Waals surface area contributed by atoms with E-state index in [-0.39, 0.29) is 33.5 Å². The molecule has 0 aromatic carbocycles. The highest BCUT2D eigenvalue weighted by Gasteiger charge is 2.63. The highest BCUT2D eigenvalue weighted by Crippen LogP contribution is 2.72. The number of fused-ring (bicyclic) bond motifs is 4. The second-order valence-electron chi connectivity index (χ2n) is 13.3. The second kappa shape index (κ2) is 8.99. The Hall–Kier alpha value is -1.71. The Kier molecular flexibility index (Phi) is 6.77. The van der Waals surface area contributed by atoms with E-state index in [0.29, 0.717) is 29.6 Å².